The fourth-order valence-corrected chi connectivity index (χ4v) is 3.67. The van der Waals surface area contributed by atoms with Crippen molar-refractivity contribution in [2.45, 2.75) is 12.1 Å². The van der Waals surface area contributed by atoms with Gasteiger partial charge in [-0.15, -0.1) is 0 Å². The quantitative estimate of drug-likeness (QED) is 0.792. The number of nitrogens with zero attached hydrogens (tertiary/aromatic N) is 1. The Labute approximate surface area is 129 Å². The number of ether oxygens (including phenoxy) is 1. The third-order valence-electron chi connectivity index (χ3n) is 4.71. The summed E-state index contributed by atoms with van der Waals surface area (Å²) < 4.78 is 4.85. The maximum absolute atomic E-state index is 11.8. The van der Waals surface area contributed by atoms with Gasteiger partial charge in [0.2, 0.25) is 0 Å². The SMILES string of the molecule is COC(=O)c1ccc2c(c1)C1C(c3ccccc3)=CC2N1C. The average molecular weight is 291 g/mol. The standard InChI is InChI=1S/C19H17NO2/c1-20-17-11-15(12-6-4-3-5-7-12)18(20)16-10-13(19(21)22-2)8-9-14(16)17/h3-11,17-18H,1-2H3. The van der Waals surface area contributed by atoms with Gasteiger partial charge in [0.15, 0.2) is 0 Å². The lowest BCUT2D eigenvalue weighted by molar-refractivity contribution is 0.0600. The summed E-state index contributed by atoms with van der Waals surface area (Å²) >= 11 is 0. The highest BCUT2D eigenvalue weighted by Crippen LogP contribution is 2.54. The molecule has 0 aliphatic carbocycles. The number of carbonyl (C=O) groups excluding carboxylic acids is 1. The minimum absolute atomic E-state index is 0.215. The van der Waals surface area contributed by atoms with Gasteiger partial charge in [-0.05, 0) is 41.4 Å². The molecule has 0 saturated heterocycles. The first-order valence-corrected chi connectivity index (χ1v) is 7.42. The van der Waals surface area contributed by atoms with Crippen LogP contribution in [-0.4, -0.2) is 25.0 Å². The molecule has 2 bridgehead atoms. The second-order valence-electron chi connectivity index (χ2n) is 5.84. The van der Waals surface area contributed by atoms with E-state index >= 15 is 0 Å². The van der Waals surface area contributed by atoms with Crippen LogP contribution in [0.2, 0.25) is 0 Å². The summed E-state index contributed by atoms with van der Waals surface area (Å²) in [5.41, 5.74) is 5.70. The molecule has 0 fully saturated rings. The van der Waals surface area contributed by atoms with Gasteiger partial charge in [-0.1, -0.05) is 42.5 Å². The first kappa shape index (κ1) is 13.3. The van der Waals surface area contributed by atoms with Crippen molar-refractivity contribution < 1.29 is 9.53 Å². The molecule has 0 N–H and O–H groups in total. The van der Waals surface area contributed by atoms with Gasteiger partial charge in [0.25, 0.3) is 0 Å². The zero-order valence-electron chi connectivity index (χ0n) is 12.6. The van der Waals surface area contributed by atoms with E-state index < -0.39 is 0 Å². The minimum Gasteiger partial charge on any atom is -0.465 e. The molecule has 2 unspecified atom stereocenters. The van der Waals surface area contributed by atoms with Crippen molar-refractivity contribution in [2.24, 2.45) is 0 Å². The Morgan fingerprint density at radius 2 is 1.86 bits per heavy atom. The summed E-state index contributed by atoms with van der Waals surface area (Å²) in [4.78, 5) is 14.2. The summed E-state index contributed by atoms with van der Waals surface area (Å²) in [5, 5.41) is 0. The summed E-state index contributed by atoms with van der Waals surface area (Å²) in [7, 11) is 3.56. The lowest BCUT2D eigenvalue weighted by Crippen LogP contribution is -2.15. The molecule has 2 heterocycles. The molecule has 22 heavy (non-hydrogen) atoms. The van der Waals surface area contributed by atoms with Gasteiger partial charge in [0, 0.05) is 0 Å². The van der Waals surface area contributed by atoms with Gasteiger partial charge < -0.3 is 4.74 Å². The minimum atomic E-state index is -0.279. The van der Waals surface area contributed by atoms with Crippen LogP contribution in [0.5, 0.6) is 0 Å². The van der Waals surface area contributed by atoms with Crippen molar-refractivity contribution >= 4 is 11.5 Å². The molecule has 4 rings (SSSR count). The molecule has 3 heteroatoms. The van der Waals surface area contributed by atoms with Crippen LogP contribution in [0.25, 0.3) is 5.57 Å². The van der Waals surface area contributed by atoms with Crippen molar-refractivity contribution in [3.8, 4) is 0 Å². The Balaban J connectivity index is 1.80. The number of rotatable bonds is 2. The Morgan fingerprint density at radius 3 is 2.59 bits per heavy atom. The maximum Gasteiger partial charge on any atom is 0.337 e. The number of carbonyl (C=O) groups is 1. The molecule has 2 aromatic rings. The molecule has 2 aromatic carbocycles. The molecule has 3 nitrogen and oxygen atoms in total. The summed E-state index contributed by atoms with van der Waals surface area (Å²) in [6.45, 7) is 0. The summed E-state index contributed by atoms with van der Waals surface area (Å²) in [6, 6.07) is 16.9. The first-order chi connectivity index (χ1) is 10.7. The lowest BCUT2D eigenvalue weighted by Gasteiger charge is -2.20. The number of fused-ring (bicyclic) bond motifs is 5. The van der Waals surface area contributed by atoms with Crippen molar-refractivity contribution in [1.29, 1.82) is 0 Å². The zero-order chi connectivity index (χ0) is 15.3. The van der Waals surface area contributed by atoms with Crippen LogP contribution in [0.1, 0.15) is 39.1 Å². The number of benzene rings is 2. The number of hydrogen-bond donors (Lipinski definition) is 0. The van der Waals surface area contributed by atoms with E-state index in [1.807, 2.05) is 18.2 Å². The fraction of sp³-hybridized carbons (Fsp3) is 0.211. The van der Waals surface area contributed by atoms with E-state index in [9.17, 15) is 4.79 Å². The van der Waals surface area contributed by atoms with Gasteiger partial charge in [0.1, 0.15) is 0 Å². The van der Waals surface area contributed by atoms with Crippen LogP contribution in [0.3, 0.4) is 0 Å². The molecule has 2 aliphatic rings. The summed E-state index contributed by atoms with van der Waals surface area (Å²) in [6.07, 6.45) is 2.33. The highest BCUT2D eigenvalue weighted by Gasteiger charge is 2.43. The van der Waals surface area contributed by atoms with Crippen LogP contribution >= 0.6 is 0 Å². The number of likely N-dealkylation sites (N-methyl/N-ethyl adjacent to an activating group) is 1. The number of hydrogen-bond acceptors (Lipinski definition) is 3. The van der Waals surface area contributed by atoms with Crippen LogP contribution in [0.15, 0.2) is 54.6 Å². The van der Waals surface area contributed by atoms with Crippen molar-refractivity contribution in [3.63, 3.8) is 0 Å². The van der Waals surface area contributed by atoms with Crippen LogP contribution in [-0.2, 0) is 4.74 Å². The first-order valence-electron chi connectivity index (χ1n) is 7.42. The van der Waals surface area contributed by atoms with Crippen molar-refractivity contribution in [3.05, 3.63) is 76.9 Å². The molecule has 0 aromatic heterocycles. The van der Waals surface area contributed by atoms with Crippen LogP contribution in [0, 0.1) is 0 Å². The lowest BCUT2D eigenvalue weighted by atomic mass is 9.87. The van der Waals surface area contributed by atoms with E-state index in [2.05, 4.69) is 48.4 Å². The predicted molar refractivity (Wildman–Crippen MR) is 85.4 cm³/mol. The number of methoxy groups -OCH3 is 1. The Morgan fingerprint density at radius 1 is 1.09 bits per heavy atom. The zero-order valence-corrected chi connectivity index (χ0v) is 12.6. The second-order valence-corrected chi connectivity index (χ2v) is 5.84. The topological polar surface area (TPSA) is 29.5 Å². The molecule has 0 amide bonds. The smallest absolute Gasteiger partial charge is 0.337 e. The molecular formula is C19H17NO2. The van der Waals surface area contributed by atoms with Crippen LogP contribution in [0.4, 0.5) is 0 Å². The summed E-state index contributed by atoms with van der Waals surface area (Å²) in [5.74, 6) is -0.279. The van der Waals surface area contributed by atoms with Crippen molar-refractivity contribution in [2.75, 3.05) is 14.2 Å². The Bertz CT molecular complexity index is 779. The molecule has 2 atom stereocenters. The van der Waals surface area contributed by atoms with E-state index in [-0.39, 0.29) is 12.0 Å². The van der Waals surface area contributed by atoms with Crippen LogP contribution < -0.4 is 0 Å². The predicted octanol–water partition coefficient (Wildman–Crippen LogP) is 3.60. The van der Waals surface area contributed by atoms with Gasteiger partial charge in [-0.25, -0.2) is 4.79 Å². The van der Waals surface area contributed by atoms with E-state index in [1.165, 1.54) is 29.4 Å². The second kappa shape index (κ2) is 4.82. The molecule has 0 spiro atoms. The largest absolute Gasteiger partial charge is 0.465 e. The molecule has 0 radical (unpaired) electrons. The van der Waals surface area contributed by atoms with Crippen molar-refractivity contribution in [1.82, 2.24) is 4.90 Å². The maximum atomic E-state index is 11.8. The highest BCUT2D eigenvalue weighted by atomic mass is 16.5. The Hall–Kier alpha value is -2.39. The molecule has 2 aliphatic heterocycles. The third-order valence-corrected chi connectivity index (χ3v) is 4.71. The van der Waals surface area contributed by atoms with E-state index in [4.69, 9.17) is 4.74 Å². The van der Waals surface area contributed by atoms with E-state index in [0.717, 1.165) is 0 Å². The monoisotopic (exact) mass is 291 g/mol. The number of esters is 1. The molecule has 110 valence electrons. The normalized spacial score (nSPS) is 22.4. The Kier molecular flexibility index (Phi) is 2.91. The molecule has 0 saturated carbocycles. The van der Waals surface area contributed by atoms with Gasteiger partial charge in [0.05, 0.1) is 24.8 Å². The average Bonchev–Trinajstić information content (AvgIpc) is 3.05. The van der Waals surface area contributed by atoms with Gasteiger partial charge in [-0.2, -0.15) is 0 Å². The van der Waals surface area contributed by atoms with E-state index in [0.29, 0.717) is 11.6 Å². The highest BCUT2D eigenvalue weighted by molar-refractivity contribution is 5.90. The fourth-order valence-electron chi connectivity index (χ4n) is 3.67. The van der Waals surface area contributed by atoms with E-state index in [1.54, 1.807) is 0 Å². The van der Waals surface area contributed by atoms with Gasteiger partial charge >= 0.3 is 5.97 Å². The molecular weight excluding hydrogens is 274 g/mol. The van der Waals surface area contributed by atoms with Gasteiger partial charge in [-0.3, -0.25) is 4.90 Å². The third kappa shape index (κ3) is 1.76.